The number of fused-ring (bicyclic) bond motifs is 5. The van der Waals surface area contributed by atoms with Crippen LogP contribution in [0.3, 0.4) is 0 Å². The summed E-state index contributed by atoms with van der Waals surface area (Å²) < 4.78 is 0. The molecule has 0 saturated heterocycles. The molecule has 0 bridgehead atoms. The van der Waals surface area contributed by atoms with Gasteiger partial charge in [-0.15, -0.1) is 0 Å². The van der Waals surface area contributed by atoms with Crippen LogP contribution in [-0.4, -0.2) is 0 Å². The first kappa shape index (κ1) is 29.0. The second kappa shape index (κ2) is 10.8. The number of benzene rings is 8. The maximum atomic E-state index is 2.45. The van der Waals surface area contributed by atoms with Gasteiger partial charge in [0.2, 0.25) is 0 Å². The van der Waals surface area contributed by atoms with E-state index in [0.717, 1.165) is 0 Å². The van der Waals surface area contributed by atoms with Crippen LogP contribution in [-0.2, 0) is 10.8 Å². The third-order valence-electron chi connectivity index (χ3n) is 11.6. The average molecular weight is 637 g/mol. The third kappa shape index (κ3) is 3.94. The molecule has 0 unspecified atom stereocenters. The zero-order chi connectivity index (χ0) is 33.5. The Kier molecular flexibility index (Phi) is 6.24. The van der Waals surface area contributed by atoms with Gasteiger partial charge in [0.1, 0.15) is 0 Å². The first-order chi connectivity index (χ1) is 24.6. The number of hydrogen-bond acceptors (Lipinski definition) is 0. The maximum absolute atomic E-state index is 2.45. The van der Waals surface area contributed by atoms with E-state index in [9.17, 15) is 0 Å². The van der Waals surface area contributed by atoms with Crippen molar-refractivity contribution in [3.05, 3.63) is 215 Å². The molecule has 0 nitrogen and oxygen atoms in total. The Bertz CT molecular complexity index is 2450. The van der Waals surface area contributed by atoms with Gasteiger partial charge < -0.3 is 0 Å². The zero-order valence-electron chi connectivity index (χ0n) is 28.3. The average Bonchev–Trinajstić information content (AvgIpc) is 3.51. The van der Waals surface area contributed by atoms with Gasteiger partial charge in [-0.1, -0.05) is 190 Å². The second-order valence-corrected chi connectivity index (χ2v) is 14.4. The van der Waals surface area contributed by atoms with E-state index in [2.05, 4.69) is 196 Å². The highest BCUT2D eigenvalue weighted by Gasteiger charge is 2.39. The number of rotatable bonds is 5. The molecule has 0 N–H and O–H groups in total. The molecule has 0 saturated carbocycles. The fourth-order valence-corrected chi connectivity index (χ4v) is 9.24. The van der Waals surface area contributed by atoms with E-state index in [1.165, 1.54) is 88.7 Å². The van der Waals surface area contributed by atoms with Crippen LogP contribution in [0.1, 0.15) is 47.2 Å². The number of hydrogen-bond donors (Lipinski definition) is 0. The summed E-state index contributed by atoms with van der Waals surface area (Å²) in [5, 5.41) is 2.84. The van der Waals surface area contributed by atoms with Gasteiger partial charge in [0.25, 0.3) is 0 Å². The predicted molar refractivity (Wildman–Crippen MR) is 210 cm³/mol. The molecule has 8 aromatic carbocycles. The lowest BCUT2D eigenvalue weighted by Gasteiger charge is -2.37. The standard InChI is InChI=1S/C50H36/c1-49(2)45-31-30-43-40-21-13-12-20-39(40)42-28-29-44(48(45)47(42)43)41-27-24-34(32-46(41)49)33-22-25-38(26-23-33)50(35-14-6-3-7-15-35,36-16-8-4-9-17-36)37-18-10-5-11-19-37/h3-32H,1-2H3. The monoisotopic (exact) mass is 636 g/mol. The lowest BCUT2D eigenvalue weighted by molar-refractivity contribution is 0.645. The van der Waals surface area contributed by atoms with Gasteiger partial charge in [0.15, 0.2) is 0 Å². The van der Waals surface area contributed by atoms with Crippen LogP contribution in [0.5, 0.6) is 0 Å². The summed E-state index contributed by atoms with van der Waals surface area (Å²) in [6.07, 6.45) is 0. The molecule has 8 aromatic rings. The van der Waals surface area contributed by atoms with Gasteiger partial charge in [-0.3, -0.25) is 0 Å². The molecule has 0 fully saturated rings. The van der Waals surface area contributed by atoms with Crippen molar-refractivity contribution in [1.29, 1.82) is 0 Å². The van der Waals surface area contributed by atoms with Gasteiger partial charge in [0, 0.05) is 5.41 Å². The molecule has 2 aliphatic rings. The van der Waals surface area contributed by atoms with Crippen molar-refractivity contribution in [3.8, 4) is 44.5 Å². The Hall–Kier alpha value is -5.98. The van der Waals surface area contributed by atoms with Gasteiger partial charge >= 0.3 is 0 Å². The Morgan fingerprint density at radius 1 is 0.320 bits per heavy atom. The highest BCUT2D eigenvalue weighted by Crippen LogP contribution is 2.56. The predicted octanol–water partition coefficient (Wildman–Crippen LogP) is 12.8. The van der Waals surface area contributed by atoms with E-state index < -0.39 is 5.41 Å². The molecule has 0 spiro atoms. The van der Waals surface area contributed by atoms with Crippen molar-refractivity contribution in [2.45, 2.75) is 24.7 Å². The van der Waals surface area contributed by atoms with E-state index in [1.807, 2.05) is 0 Å². The lowest BCUT2D eigenvalue weighted by Crippen LogP contribution is -2.30. The van der Waals surface area contributed by atoms with Crippen LogP contribution in [0.4, 0.5) is 0 Å². The topological polar surface area (TPSA) is 0 Å². The normalized spacial score (nSPS) is 13.6. The van der Waals surface area contributed by atoms with Crippen molar-refractivity contribution in [3.63, 3.8) is 0 Å². The molecule has 0 heterocycles. The third-order valence-corrected chi connectivity index (χ3v) is 11.6. The minimum absolute atomic E-state index is 0.146. The molecule has 50 heavy (non-hydrogen) atoms. The van der Waals surface area contributed by atoms with Gasteiger partial charge in [-0.25, -0.2) is 0 Å². The fraction of sp³-hybridized carbons (Fsp3) is 0.0800. The fourth-order valence-electron chi connectivity index (χ4n) is 9.24. The Balaban J connectivity index is 1.12. The smallest absolute Gasteiger partial charge is 0.0622 e. The quantitative estimate of drug-likeness (QED) is 0.165. The van der Waals surface area contributed by atoms with Gasteiger partial charge in [0.05, 0.1) is 5.41 Å². The summed E-state index contributed by atoms with van der Waals surface area (Å²) >= 11 is 0. The zero-order valence-corrected chi connectivity index (χ0v) is 28.3. The SMILES string of the molecule is CC1(C)c2cc(-c3ccc(C(c4ccccc4)(c4ccccc4)c4ccccc4)cc3)ccc2-c2ccc3c4c(ccc1c24)-c1ccccc1-3. The molecular weight excluding hydrogens is 601 g/mol. The van der Waals surface area contributed by atoms with E-state index in [-0.39, 0.29) is 5.41 Å². The first-order valence-corrected chi connectivity index (χ1v) is 17.7. The van der Waals surface area contributed by atoms with Crippen LogP contribution in [0.25, 0.3) is 55.3 Å². The highest BCUT2D eigenvalue weighted by atomic mass is 14.4. The van der Waals surface area contributed by atoms with Crippen LogP contribution >= 0.6 is 0 Å². The summed E-state index contributed by atoms with van der Waals surface area (Å²) in [6, 6.07) is 67.7. The minimum Gasteiger partial charge on any atom is -0.0622 e. The van der Waals surface area contributed by atoms with Crippen molar-refractivity contribution >= 4 is 10.8 Å². The second-order valence-electron chi connectivity index (χ2n) is 14.4. The molecule has 236 valence electrons. The Morgan fingerprint density at radius 3 is 1.28 bits per heavy atom. The maximum Gasteiger partial charge on any atom is 0.0701 e. The van der Waals surface area contributed by atoms with Crippen molar-refractivity contribution in [2.75, 3.05) is 0 Å². The van der Waals surface area contributed by atoms with Crippen molar-refractivity contribution in [2.24, 2.45) is 0 Å². The van der Waals surface area contributed by atoms with E-state index in [1.54, 1.807) is 0 Å². The summed E-state index contributed by atoms with van der Waals surface area (Å²) in [4.78, 5) is 0. The summed E-state index contributed by atoms with van der Waals surface area (Å²) in [5.41, 5.74) is 17.8. The van der Waals surface area contributed by atoms with Crippen molar-refractivity contribution < 1.29 is 0 Å². The molecule has 0 atom stereocenters. The molecule has 10 rings (SSSR count). The van der Waals surface area contributed by atoms with E-state index >= 15 is 0 Å². The molecule has 0 aromatic heterocycles. The molecule has 0 aliphatic heterocycles. The van der Waals surface area contributed by atoms with Crippen LogP contribution in [0.15, 0.2) is 182 Å². The first-order valence-electron chi connectivity index (χ1n) is 17.7. The van der Waals surface area contributed by atoms with E-state index in [4.69, 9.17) is 0 Å². The molecular formula is C50H36. The summed E-state index contributed by atoms with van der Waals surface area (Å²) in [7, 11) is 0. The molecule has 0 heteroatoms. The van der Waals surface area contributed by atoms with Crippen molar-refractivity contribution in [1.82, 2.24) is 0 Å². The van der Waals surface area contributed by atoms with Crippen LogP contribution in [0.2, 0.25) is 0 Å². The lowest BCUT2D eigenvalue weighted by atomic mass is 9.65. The van der Waals surface area contributed by atoms with Gasteiger partial charge in [-0.2, -0.15) is 0 Å². The highest BCUT2D eigenvalue weighted by molar-refractivity contribution is 6.20. The van der Waals surface area contributed by atoms with E-state index in [0.29, 0.717) is 0 Å². The van der Waals surface area contributed by atoms with Crippen LogP contribution < -0.4 is 0 Å². The Morgan fingerprint density at radius 2 is 0.740 bits per heavy atom. The molecule has 2 aliphatic carbocycles. The summed E-state index contributed by atoms with van der Waals surface area (Å²) in [6.45, 7) is 4.81. The van der Waals surface area contributed by atoms with Crippen LogP contribution in [0, 0.1) is 0 Å². The molecule has 0 amide bonds. The Labute approximate surface area is 294 Å². The molecule has 0 radical (unpaired) electrons. The largest absolute Gasteiger partial charge is 0.0701 e. The van der Waals surface area contributed by atoms with Gasteiger partial charge in [-0.05, 0) is 94.7 Å². The summed E-state index contributed by atoms with van der Waals surface area (Å²) in [5.74, 6) is 0. The minimum atomic E-state index is -0.455.